The van der Waals surface area contributed by atoms with Crippen molar-refractivity contribution in [1.82, 2.24) is 14.1 Å². The summed E-state index contributed by atoms with van der Waals surface area (Å²) in [4.78, 5) is 11.9. The third-order valence-corrected chi connectivity index (χ3v) is 3.74. The number of halogens is 1. The molecule has 0 aliphatic carbocycles. The summed E-state index contributed by atoms with van der Waals surface area (Å²) in [6.07, 6.45) is 0.823. The van der Waals surface area contributed by atoms with Gasteiger partial charge in [-0.2, -0.15) is 8.75 Å². The largest absolute Gasteiger partial charge is 0.379 e. The van der Waals surface area contributed by atoms with Crippen LogP contribution < -0.4 is 10.6 Å². The fraction of sp³-hybridized carbons (Fsp3) is 0.364. The highest BCUT2D eigenvalue weighted by molar-refractivity contribution is 7.00. The Morgan fingerprint density at radius 3 is 3.16 bits per heavy atom. The molecule has 1 unspecified atom stereocenters. The zero-order valence-electron chi connectivity index (χ0n) is 9.85. The van der Waals surface area contributed by atoms with Gasteiger partial charge in [0.25, 0.3) is 0 Å². The smallest absolute Gasteiger partial charge is 0.319 e. The van der Waals surface area contributed by atoms with E-state index in [-0.39, 0.29) is 12.1 Å². The highest BCUT2D eigenvalue weighted by Gasteiger charge is 2.19. The number of urea groups is 1. The van der Waals surface area contributed by atoms with Crippen molar-refractivity contribution < 1.29 is 9.53 Å². The Morgan fingerprint density at radius 1 is 1.47 bits per heavy atom. The summed E-state index contributed by atoms with van der Waals surface area (Å²) in [6.45, 7) is 1.22. The van der Waals surface area contributed by atoms with Gasteiger partial charge in [0.1, 0.15) is 11.0 Å². The van der Waals surface area contributed by atoms with Crippen LogP contribution in [0.3, 0.4) is 0 Å². The molecule has 1 aromatic heterocycles. The topological polar surface area (TPSA) is 76.1 Å². The lowest BCUT2D eigenvalue weighted by Gasteiger charge is -2.12. The van der Waals surface area contributed by atoms with Gasteiger partial charge in [-0.25, -0.2) is 4.79 Å². The van der Waals surface area contributed by atoms with Crippen molar-refractivity contribution in [2.75, 3.05) is 18.5 Å². The van der Waals surface area contributed by atoms with Gasteiger partial charge < -0.3 is 15.4 Å². The van der Waals surface area contributed by atoms with Gasteiger partial charge in [0, 0.05) is 6.61 Å². The third kappa shape index (κ3) is 2.63. The van der Waals surface area contributed by atoms with Crippen molar-refractivity contribution in [3.8, 4) is 0 Å². The van der Waals surface area contributed by atoms with E-state index in [2.05, 4.69) is 19.4 Å². The molecular formula is C11H11ClN4O2S. The summed E-state index contributed by atoms with van der Waals surface area (Å²) in [5, 5.41) is 6.01. The first-order valence-electron chi connectivity index (χ1n) is 5.80. The lowest BCUT2D eigenvalue weighted by Crippen LogP contribution is -2.38. The molecule has 0 spiro atoms. The van der Waals surface area contributed by atoms with Crippen molar-refractivity contribution in [2.24, 2.45) is 0 Å². The van der Waals surface area contributed by atoms with Gasteiger partial charge in [-0.3, -0.25) is 0 Å². The molecule has 1 aliphatic rings. The average Bonchev–Trinajstić information content (AvgIpc) is 3.03. The fourth-order valence-corrected chi connectivity index (χ4v) is 2.67. The molecule has 1 aromatic carbocycles. The van der Waals surface area contributed by atoms with Crippen molar-refractivity contribution in [3.63, 3.8) is 0 Å². The van der Waals surface area contributed by atoms with Crippen LogP contribution in [-0.4, -0.2) is 34.0 Å². The maximum atomic E-state index is 11.9. The summed E-state index contributed by atoms with van der Waals surface area (Å²) >= 11 is 7.18. The quantitative estimate of drug-likeness (QED) is 0.891. The Bertz CT molecular complexity index is 612. The summed E-state index contributed by atoms with van der Waals surface area (Å²) in [6, 6.07) is 3.21. The van der Waals surface area contributed by atoms with Crippen molar-refractivity contribution in [1.29, 1.82) is 0 Å². The van der Waals surface area contributed by atoms with E-state index in [1.165, 1.54) is 0 Å². The first kappa shape index (κ1) is 12.6. The van der Waals surface area contributed by atoms with Gasteiger partial charge in [-0.15, -0.1) is 0 Å². The van der Waals surface area contributed by atoms with E-state index < -0.39 is 0 Å². The minimum absolute atomic E-state index is 0.0477. The highest BCUT2D eigenvalue weighted by Crippen LogP contribution is 2.29. The first-order chi connectivity index (χ1) is 9.24. The van der Waals surface area contributed by atoms with Crippen molar-refractivity contribution >= 4 is 46.1 Å². The molecule has 6 nitrogen and oxygen atoms in total. The second-order valence-electron chi connectivity index (χ2n) is 4.21. The SMILES string of the molecule is O=C(Nc1c(Cl)ccc2nsnc12)NC1CCOC1. The van der Waals surface area contributed by atoms with Crippen LogP contribution in [-0.2, 0) is 4.74 Å². The number of carbonyl (C=O) groups is 1. The van der Waals surface area contributed by atoms with E-state index in [0.29, 0.717) is 35.0 Å². The van der Waals surface area contributed by atoms with Crippen LogP contribution in [0.4, 0.5) is 10.5 Å². The van der Waals surface area contributed by atoms with Crippen LogP contribution in [0.1, 0.15) is 6.42 Å². The number of fused-ring (bicyclic) bond motifs is 1. The lowest BCUT2D eigenvalue weighted by molar-refractivity contribution is 0.189. The van der Waals surface area contributed by atoms with E-state index in [0.717, 1.165) is 18.1 Å². The molecule has 2 heterocycles. The van der Waals surface area contributed by atoms with Crippen LogP contribution in [0.25, 0.3) is 11.0 Å². The molecule has 1 aliphatic heterocycles. The van der Waals surface area contributed by atoms with Gasteiger partial charge in [0.15, 0.2) is 0 Å². The number of nitrogens with zero attached hydrogens (tertiary/aromatic N) is 2. The molecule has 0 radical (unpaired) electrons. The standard InChI is InChI=1S/C11H11ClN4O2S/c12-7-1-2-8-10(16-19-15-8)9(7)14-11(17)13-6-3-4-18-5-6/h1-2,6H,3-5H2,(H2,13,14,17). The Morgan fingerprint density at radius 2 is 2.37 bits per heavy atom. The minimum atomic E-state index is -0.307. The molecule has 0 saturated carbocycles. The lowest BCUT2D eigenvalue weighted by atomic mass is 10.2. The van der Waals surface area contributed by atoms with Crippen LogP contribution in [0, 0.1) is 0 Å². The molecule has 2 amide bonds. The molecule has 1 atom stereocenters. The Labute approximate surface area is 118 Å². The number of anilines is 1. The number of aromatic nitrogens is 2. The monoisotopic (exact) mass is 298 g/mol. The molecular weight excluding hydrogens is 288 g/mol. The Balaban J connectivity index is 1.78. The molecule has 1 fully saturated rings. The van der Waals surface area contributed by atoms with Crippen LogP contribution >= 0.6 is 23.3 Å². The number of rotatable bonds is 2. The summed E-state index contributed by atoms with van der Waals surface area (Å²) in [5.41, 5.74) is 1.81. The predicted molar refractivity (Wildman–Crippen MR) is 73.8 cm³/mol. The van der Waals surface area contributed by atoms with E-state index in [1.807, 2.05) is 0 Å². The molecule has 100 valence electrons. The van der Waals surface area contributed by atoms with E-state index in [9.17, 15) is 4.79 Å². The van der Waals surface area contributed by atoms with Gasteiger partial charge >= 0.3 is 6.03 Å². The molecule has 8 heteroatoms. The average molecular weight is 299 g/mol. The Hall–Kier alpha value is -1.44. The number of carbonyl (C=O) groups excluding carboxylic acids is 1. The molecule has 3 rings (SSSR count). The zero-order chi connectivity index (χ0) is 13.2. The van der Waals surface area contributed by atoms with Crippen molar-refractivity contribution in [3.05, 3.63) is 17.2 Å². The summed E-state index contributed by atoms with van der Waals surface area (Å²) < 4.78 is 13.5. The predicted octanol–water partition coefficient (Wildman–Crippen LogP) is 2.26. The minimum Gasteiger partial charge on any atom is -0.379 e. The van der Waals surface area contributed by atoms with E-state index in [4.69, 9.17) is 16.3 Å². The first-order valence-corrected chi connectivity index (χ1v) is 6.91. The van der Waals surface area contributed by atoms with Gasteiger partial charge in [0.2, 0.25) is 0 Å². The number of benzene rings is 1. The number of hydrogen-bond acceptors (Lipinski definition) is 5. The zero-order valence-corrected chi connectivity index (χ0v) is 11.4. The maximum Gasteiger partial charge on any atom is 0.319 e. The van der Waals surface area contributed by atoms with Crippen LogP contribution in [0.5, 0.6) is 0 Å². The molecule has 0 bridgehead atoms. The van der Waals surface area contributed by atoms with E-state index >= 15 is 0 Å². The fourth-order valence-electron chi connectivity index (χ4n) is 1.93. The van der Waals surface area contributed by atoms with E-state index in [1.54, 1.807) is 12.1 Å². The summed E-state index contributed by atoms with van der Waals surface area (Å²) in [5.74, 6) is 0. The van der Waals surface area contributed by atoms with Gasteiger partial charge in [0.05, 0.1) is 35.1 Å². The Kier molecular flexibility index (Phi) is 3.50. The third-order valence-electron chi connectivity index (χ3n) is 2.88. The summed E-state index contributed by atoms with van der Waals surface area (Å²) in [7, 11) is 0. The second kappa shape index (κ2) is 5.28. The van der Waals surface area contributed by atoms with Crippen LogP contribution in [0.2, 0.25) is 5.02 Å². The van der Waals surface area contributed by atoms with Gasteiger partial charge in [-0.05, 0) is 18.6 Å². The molecule has 2 aromatic rings. The van der Waals surface area contributed by atoms with Crippen molar-refractivity contribution in [2.45, 2.75) is 12.5 Å². The molecule has 1 saturated heterocycles. The van der Waals surface area contributed by atoms with Crippen LogP contribution in [0.15, 0.2) is 12.1 Å². The molecule has 19 heavy (non-hydrogen) atoms. The number of amides is 2. The number of nitrogens with one attached hydrogen (secondary N) is 2. The molecule has 2 N–H and O–H groups in total. The van der Waals surface area contributed by atoms with Gasteiger partial charge in [-0.1, -0.05) is 11.6 Å². The number of hydrogen-bond donors (Lipinski definition) is 2. The number of ether oxygens (including phenoxy) is 1. The second-order valence-corrected chi connectivity index (χ2v) is 5.15. The highest BCUT2D eigenvalue weighted by atomic mass is 35.5. The normalized spacial score (nSPS) is 18.7. The maximum absolute atomic E-state index is 11.9.